The van der Waals surface area contributed by atoms with Gasteiger partial charge >= 0.3 is 5.97 Å². The summed E-state index contributed by atoms with van der Waals surface area (Å²) in [6.45, 7) is 4.07. The standard InChI is InChI=1S/C21H29FN2O3/c1-27-20(26)9-4-8-19(25)24-13-11-21(16-24)10-5-12-23(15-21)14-17-6-2-3-7-18(17)22/h2-3,6-7H,4-5,8-16H2,1H3/t21-/m0/s1. The van der Waals surface area contributed by atoms with Crippen molar-refractivity contribution in [2.45, 2.75) is 45.1 Å². The number of esters is 1. The van der Waals surface area contributed by atoms with Crippen molar-refractivity contribution in [1.82, 2.24) is 9.80 Å². The van der Waals surface area contributed by atoms with E-state index in [2.05, 4.69) is 9.64 Å². The van der Waals surface area contributed by atoms with E-state index in [-0.39, 0.29) is 29.5 Å². The maximum absolute atomic E-state index is 14.0. The van der Waals surface area contributed by atoms with Crippen LogP contribution in [0.2, 0.25) is 0 Å². The van der Waals surface area contributed by atoms with Crippen LogP contribution in [0.5, 0.6) is 0 Å². The molecule has 2 fully saturated rings. The number of amides is 1. The van der Waals surface area contributed by atoms with Crippen molar-refractivity contribution >= 4 is 11.9 Å². The first-order valence-electron chi connectivity index (χ1n) is 9.82. The third kappa shape index (κ3) is 5.06. The molecule has 2 saturated heterocycles. The Morgan fingerprint density at radius 3 is 2.74 bits per heavy atom. The molecule has 1 atom stereocenters. The molecule has 0 radical (unpaired) electrons. The van der Waals surface area contributed by atoms with E-state index in [0.717, 1.165) is 51.0 Å². The van der Waals surface area contributed by atoms with Crippen LogP contribution in [-0.2, 0) is 20.9 Å². The van der Waals surface area contributed by atoms with Crippen LogP contribution in [0.4, 0.5) is 4.39 Å². The molecular formula is C21H29FN2O3. The molecule has 27 heavy (non-hydrogen) atoms. The van der Waals surface area contributed by atoms with Crippen molar-refractivity contribution < 1.29 is 18.7 Å². The zero-order chi connectivity index (χ0) is 19.3. The Kier molecular flexibility index (Phi) is 6.47. The fourth-order valence-electron chi connectivity index (χ4n) is 4.44. The number of hydrogen-bond donors (Lipinski definition) is 0. The number of benzene rings is 1. The predicted molar refractivity (Wildman–Crippen MR) is 100 cm³/mol. The highest BCUT2D eigenvalue weighted by molar-refractivity contribution is 5.77. The molecule has 1 amide bonds. The van der Waals surface area contributed by atoms with Crippen molar-refractivity contribution in [2.24, 2.45) is 5.41 Å². The van der Waals surface area contributed by atoms with E-state index in [1.807, 2.05) is 17.0 Å². The molecule has 5 nitrogen and oxygen atoms in total. The molecule has 148 valence electrons. The van der Waals surface area contributed by atoms with Crippen molar-refractivity contribution in [2.75, 3.05) is 33.3 Å². The molecule has 2 aliphatic heterocycles. The molecule has 0 aromatic heterocycles. The van der Waals surface area contributed by atoms with Gasteiger partial charge in [-0.25, -0.2) is 4.39 Å². The highest BCUT2D eigenvalue weighted by Gasteiger charge is 2.42. The molecule has 0 aliphatic carbocycles. The summed E-state index contributed by atoms with van der Waals surface area (Å²) in [4.78, 5) is 27.9. The van der Waals surface area contributed by atoms with Crippen LogP contribution in [-0.4, -0.2) is 55.0 Å². The summed E-state index contributed by atoms with van der Waals surface area (Å²) in [7, 11) is 1.37. The molecule has 1 aromatic rings. The van der Waals surface area contributed by atoms with Gasteiger partial charge in [0.25, 0.3) is 0 Å². The lowest BCUT2D eigenvalue weighted by molar-refractivity contribution is -0.140. The lowest BCUT2D eigenvalue weighted by Crippen LogP contribution is -2.45. The van der Waals surface area contributed by atoms with E-state index in [4.69, 9.17) is 0 Å². The van der Waals surface area contributed by atoms with Crippen LogP contribution < -0.4 is 0 Å². The number of halogens is 1. The van der Waals surface area contributed by atoms with Gasteiger partial charge in [0.1, 0.15) is 5.82 Å². The molecule has 1 aromatic carbocycles. The number of piperidine rings is 1. The van der Waals surface area contributed by atoms with E-state index in [1.54, 1.807) is 6.07 Å². The van der Waals surface area contributed by atoms with Gasteiger partial charge in [-0.2, -0.15) is 0 Å². The maximum Gasteiger partial charge on any atom is 0.305 e. The lowest BCUT2D eigenvalue weighted by Gasteiger charge is -2.40. The second kappa shape index (κ2) is 8.83. The normalized spacial score (nSPS) is 23.0. The third-order valence-electron chi connectivity index (χ3n) is 5.88. The fraction of sp³-hybridized carbons (Fsp3) is 0.619. The molecular weight excluding hydrogens is 347 g/mol. The second-order valence-electron chi connectivity index (χ2n) is 7.90. The highest BCUT2D eigenvalue weighted by Crippen LogP contribution is 2.39. The predicted octanol–water partition coefficient (Wildman–Crippen LogP) is 2.98. The minimum absolute atomic E-state index is 0.127. The van der Waals surface area contributed by atoms with Crippen molar-refractivity contribution in [3.05, 3.63) is 35.6 Å². The summed E-state index contributed by atoms with van der Waals surface area (Å²) in [6.07, 6.45) is 4.42. The van der Waals surface area contributed by atoms with Crippen LogP contribution in [0, 0.1) is 11.2 Å². The van der Waals surface area contributed by atoms with Crippen LogP contribution in [0.25, 0.3) is 0 Å². The van der Waals surface area contributed by atoms with Gasteiger partial charge in [0.05, 0.1) is 7.11 Å². The van der Waals surface area contributed by atoms with Crippen LogP contribution in [0.15, 0.2) is 24.3 Å². The first kappa shape index (κ1) is 19.8. The smallest absolute Gasteiger partial charge is 0.305 e. The first-order chi connectivity index (χ1) is 13.0. The Morgan fingerprint density at radius 2 is 1.96 bits per heavy atom. The summed E-state index contributed by atoms with van der Waals surface area (Å²) in [6, 6.07) is 6.96. The minimum atomic E-state index is -0.267. The average Bonchev–Trinajstić information content (AvgIpc) is 3.06. The van der Waals surface area contributed by atoms with Crippen LogP contribution in [0.1, 0.15) is 44.1 Å². The number of methoxy groups -OCH3 is 1. The molecule has 0 bridgehead atoms. The number of carbonyl (C=O) groups is 2. The summed E-state index contributed by atoms with van der Waals surface area (Å²) < 4.78 is 18.6. The van der Waals surface area contributed by atoms with Gasteiger partial charge in [0.15, 0.2) is 0 Å². The Labute approximate surface area is 160 Å². The second-order valence-corrected chi connectivity index (χ2v) is 7.90. The first-order valence-corrected chi connectivity index (χ1v) is 9.82. The zero-order valence-corrected chi connectivity index (χ0v) is 16.1. The molecule has 6 heteroatoms. The van der Waals surface area contributed by atoms with Gasteiger partial charge in [-0.15, -0.1) is 0 Å². The van der Waals surface area contributed by atoms with E-state index in [9.17, 15) is 14.0 Å². The Hall–Kier alpha value is -1.95. The molecule has 2 heterocycles. The monoisotopic (exact) mass is 376 g/mol. The number of ether oxygens (including phenoxy) is 1. The van der Waals surface area contributed by atoms with Crippen LogP contribution >= 0.6 is 0 Å². The summed E-state index contributed by atoms with van der Waals surface area (Å²) in [5, 5.41) is 0. The van der Waals surface area contributed by atoms with Gasteiger partial charge in [0, 0.05) is 50.0 Å². The van der Waals surface area contributed by atoms with E-state index < -0.39 is 0 Å². The maximum atomic E-state index is 14.0. The molecule has 0 saturated carbocycles. The molecule has 2 aliphatic rings. The number of likely N-dealkylation sites (tertiary alicyclic amines) is 2. The van der Waals surface area contributed by atoms with E-state index >= 15 is 0 Å². The Bertz CT molecular complexity index is 681. The number of hydrogen-bond acceptors (Lipinski definition) is 4. The highest BCUT2D eigenvalue weighted by atomic mass is 19.1. The van der Waals surface area contributed by atoms with Crippen molar-refractivity contribution in [3.8, 4) is 0 Å². The van der Waals surface area contributed by atoms with E-state index in [0.29, 0.717) is 19.4 Å². The molecule has 3 rings (SSSR count). The molecule has 0 N–H and O–H groups in total. The SMILES string of the molecule is COC(=O)CCCC(=O)N1CC[C@]2(CCCN(Cc3ccccc3F)C2)C1. The fourth-order valence-corrected chi connectivity index (χ4v) is 4.44. The van der Waals surface area contributed by atoms with Crippen molar-refractivity contribution in [3.63, 3.8) is 0 Å². The molecule has 0 unspecified atom stereocenters. The van der Waals surface area contributed by atoms with E-state index in [1.165, 1.54) is 13.2 Å². The number of nitrogens with zero attached hydrogens (tertiary/aromatic N) is 2. The summed E-state index contributed by atoms with van der Waals surface area (Å²) in [5.41, 5.74) is 0.866. The topological polar surface area (TPSA) is 49.9 Å². The number of rotatable bonds is 6. The summed E-state index contributed by atoms with van der Waals surface area (Å²) in [5.74, 6) is -0.287. The third-order valence-corrected chi connectivity index (χ3v) is 5.88. The van der Waals surface area contributed by atoms with Gasteiger partial charge in [-0.3, -0.25) is 14.5 Å². The largest absolute Gasteiger partial charge is 0.469 e. The Morgan fingerprint density at radius 1 is 1.15 bits per heavy atom. The van der Waals surface area contributed by atoms with Crippen molar-refractivity contribution in [1.29, 1.82) is 0 Å². The number of carbonyl (C=O) groups excluding carboxylic acids is 2. The van der Waals surface area contributed by atoms with Gasteiger partial charge < -0.3 is 9.64 Å². The van der Waals surface area contributed by atoms with Crippen LogP contribution in [0.3, 0.4) is 0 Å². The van der Waals surface area contributed by atoms with Gasteiger partial charge in [-0.05, 0) is 38.3 Å². The lowest BCUT2D eigenvalue weighted by atomic mass is 9.79. The molecule has 1 spiro atoms. The van der Waals surface area contributed by atoms with Gasteiger partial charge in [-0.1, -0.05) is 18.2 Å². The zero-order valence-electron chi connectivity index (χ0n) is 16.1. The average molecular weight is 376 g/mol. The minimum Gasteiger partial charge on any atom is -0.469 e. The summed E-state index contributed by atoms with van der Waals surface area (Å²) >= 11 is 0. The van der Waals surface area contributed by atoms with Gasteiger partial charge in [0.2, 0.25) is 5.91 Å². The quantitative estimate of drug-likeness (QED) is 0.716. The Balaban J connectivity index is 1.52.